The Morgan fingerprint density at radius 3 is 2.85 bits per heavy atom. The molecule has 1 aliphatic heterocycles. The lowest BCUT2D eigenvalue weighted by Gasteiger charge is -2.15. The monoisotopic (exact) mass is 200 g/mol. The number of thiocarbonyl (C=S) groups is 1. The summed E-state index contributed by atoms with van der Waals surface area (Å²) >= 11 is 4.70. The summed E-state index contributed by atoms with van der Waals surface area (Å²) in [6.45, 7) is 3.92. The quantitative estimate of drug-likeness (QED) is 0.689. The Bertz CT molecular complexity index is 218. The highest BCUT2D eigenvalue weighted by Gasteiger charge is 2.24. The van der Waals surface area contributed by atoms with Gasteiger partial charge in [-0.1, -0.05) is 25.6 Å². The maximum atomic E-state index is 11.5. The van der Waals surface area contributed by atoms with Crippen LogP contribution >= 0.6 is 12.2 Å². The van der Waals surface area contributed by atoms with Crippen LogP contribution in [0.5, 0.6) is 0 Å². The molecule has 1 heterocycles. The van der Waals surface area contributed by atoms with E-state index in [2.05, 4.69) is 6.92 Å². The lowest BCUT2D eigenvalue weighted by Crippen LogP contribution is -2.31. The molecule has 0 spiro atoms. The summed E-state index contributed by atoms with van der Waals surface area (Å²) in [5.74, 6) is 0.763. The van der Waals surface area contributed by atoms with E-state index in [1.54, 1.807) is 0 Å². The summed E-state index contributed by atoms with van der Waals surface area (Å²) in [4.78, 5) is 13.6. The molecule has 13 heavy (non-hydrogen) atoms. The minimum atomic E-state index is 0.0865. The lowest BCUT2D eigenvalue weighted by atomic mass is 10.1. The van der Waals surface area contributed by atoms with E-state index in [-0.39, 0.29) is 12.3 Å². The van der Waals surface area contributed by atoms with Crippen LogP contribution in [-0.4, -0.2) is 28.9 Å². The van der Waals surface area contributed by atoms with Gasteiger partial charge in [-0.15, -0.1) is 0 Å². The number of carbonyl (C=O) groups is 1. The van der Waals surface area contributed by atoms with Crippen molar-refractivity contribution >= 4 is 23.1 Å². The van der Waals surface area contributed by atoms with Gasteiger partial charge in [0.15, 0.2) is 0 Å². The van der Waals surface area contributed by atoms with Crippen molar-refractivity contribution in [3.05, 3.63) is 0 Å². The third kappa shape index (κ3) is 2.95. The van der Waals surface area contributed by atoms with Crippen LogP contribution < -0.4 is 5.73 Å². The van der Waals surface area contributed by atoms with E-state index in [9.17, 15) is 4.79 Å². The highest BCUT2D eigenvalue weighted by molar-refractivity contribution is 7.80. The van der Waals surface area contributed by atoms with Gasteiger partial charge >= 0.3 is 0 Å². The molecule has 1 rings (SSSR count). The Labute approximate surface area is 84.3 Å². The second-order valence-corrected chi connectivity index (χ2v) is 4.07. The maximum absolute atomic E-state index is 11.5. The van der Waals surface area contributed by atoms with Crippen molar-refractivity contribution in [2.24, 2.45) is 11.7 Å². The van der Waals surface area contributed by atoms with E-state index in [4.69, 9.17) is 18.0 Å². The lowest BCUT2D eigenvalue weighted by molar-refractivity contribution is -0.128. The molecular weight excluding hydrogens is 184 g/mol. The third-order valence-corrected chi connectivity index (χ3v) is 2.69. The molecule has 4 heteroatoms. The number of hydrogen-bond acceptors (Lipinski definition) is 2. The van der Waals surface area contributed by atoms with Gasteiger partial charge in [-0.05, 0) is 12.3 Å². The van der Waals surface area contributed by atoms with Gasteiger partial charge in [-0.2, -0.15) is 0 Å². The Balaban J connectivity index is 2.37. The van der Waals surface area contributed by atoms with Crippen molar-refractivity contribution < 1.29 is 4.79 Å². The number of nitrogens with two attached hydrogens (primary N) is 1. The second-order valence-electron chi connectivity index (χ2n) is 3.55. The number of nitrogens with zero attached hydrogens (tertiary/aromatic N) is 1. The van der Waals surface area contributed by atoms with E-state index >= 15 is 0 Å². The minimum Gasteiger partial charge on any atom is -0.393 e. The molecule has 0 bridgehead atoms. The van der Waals surface area contributed by atoms with Gasteiger partial charge in [0.25, 0.3) is 0 Å². The van der Waals surface area contributed by atoms with Crippen LogP contribution in [0, 0.1) is 5.92 Å². The zero-order valence-electron chi connectivity index (χ0n) is 7.95. The average molecular weight is 200 g/mol. The highest BCUT2D eigenvalue weighted by Crippen LogP contribution is 2.19. The number of hydrogen-bond donors (Lipinski definition) is 1. The third-order valence-electron chi connectivity index (χ3n) is 2.54. The van der Waals surface area contributed by atoms with Crippen molar-refractivity contribution in [3.63, 3.8) is 0 Å². The van der Waals surface area contributed by atoms with E-state index in [0.29, 0.717) is 10.9 Å². The number of likely N-dealkylation sites (tertiary alicyclic amines) is 1. The summed E-state index contributed by atoms with van der Waals surface area (Å²) in [5.41, 5.74) is 5.31. The maximum Gasteiger partial charge on any atom is 0.229 e. The molecule has 74 valence electrons. The first kappa shape index (κ1) is 10.4. The van der Waals surface area contributed by atoms with Gasteiger partial charge in [-0.3, -0.25) is 4.79 Å². The van der Waals surface area contributed by atoms with Crippen LogP contribution in [0.4, 0.5) is 0 Å². The van der Waals surface area contributed by atoms with Crippen LogP contribution in [0.15, 0.2) is 0 Å². The number of carbonyl (C=O) groups excluding carboxylic acids is 1. The molecule has 0 aromatic heterocycles. The molecule has 1 saturated heterocycles. The van der Waals surface area contributed by atoms with Crippen LogP contribution in [0.3, 0.4) is 0 Å². The molecule has 1 unspecified atom stereocenters. The average Bonchev–Trinajstić information content (AvgIpc) is 2.50. The molecule has 1 fully saturated rings. The minimum absolute atomic E-state index is 0.0865. The molecule has 2 N–H and O–H groups in total. The second kappa shape index (κ2) is 4.56. The van der Waals surface area contributed by atoms with Crippen molar-refractivity contribution in [2.45, 2.75) is 26.2 Å². The van der Waals surface area contributed by atoms with Gasteiger partial charge < -0.3 is 10.6 Å². The van der Waals surface area contributed by atoms with Gasteiger partial charge in [0.05, 0.1) is 11.4 Å². The first-order valence-corrected chi connectivity index (χ1v) is 5.10. The van der Waals surface area contributed by atoms with E-state index in [1.165, 1.54) is 0 Å². The molecule has 0 aromatic carbocycles. The van der Waals surface area contributed by atoms with Crippen molar-refractivity contribution in [1.29, 1.82) is 0 Å². The van der Waals surface area contributed by atoms with Crippen LogP contribution in [0.2, 0.25) is 0 Å². The van der Waals surface area contributed by atoms with E-state index in [0.717, 1.165) is 25.9 Å². The molecule has 1 amide bonds. The molecular formula is C9H16N2OS. The Hall–Kier alpha value is -0.640. The molecule has 3 nitrogen and oxygen atoms in total. The summed E-state index contributed by atoms with van der Waals surface area (Å²) in [6, 6.07) is 0. The van der Waals surface area contributed by atoms with Crippen molar-refractivity contribution in [1.82, 2.24) is 4.90 Å². The van der Waals surface area contributed by atoms with Crippen molar-refractivity contribution in [2.75, 3.05) is 13.1 Å². The first-order chi connectivity index (χ1) is 6.13. The molecule has 0 saturated carbocycles. The Morgan fingerprint density at radius 1 is 1.69 bits per heavy atom. The standard InChI is InChI=1S/C9H16N2OS/c1-2-7-3-4-11(6-7)9(12)5-8(10)13/h7H,2-6H2,1H3,(H2,10,13). The zero-order chi connectivity index (χ0) is 9.84. The summed E-state index contributed by atoms with van der Waals surface area (Å²) in [7, 11) is 0. The fraction of sp³-hybridized carbons (Fsp3) is 0.778. The SMILES string of the molecule is CCC1CCN(C(=O)CC(N)=S)C1. The Kier molecular flexibility index (Phi) is 3.66. The summed E-state index contributed by atoms with van der Waals surface area (Å²) in [5, 5.41) is 0. The smallest absolute Gasteiger partial charge is 0.229 e. The van der Waals surface area contributed by atoms with Crippen LogP contribution in [-0.2, 0) is 4.79 Å². The fourth-order valence-corrected chi connectivity index (χ4v) is 1.78. The number of amides is 1. The summed E-state index contributed by atoms with van der Waals surface area (Å²) < 4.78 is 0. The predicted molar refractivity (Wildman–Crippen MR) is 56.4 cm³/mol. The normalized spacial score (nSPS) is 21.9. The first-order valence-electron chi connectivity index (χ1n) is 4.69. The summed E-state index contributed by atoms with van der Waals surface area (Å²) in [6.07, 6.45) is 2.50. The van der Waals surface area contributed by atoms with E-state index < -0.39 is 0 Å². The topological polar surface area (TPSA) is 46.3 Å². The highest BCUT2D eigenvalue weighted by atomic mass is 32.1. The van der Waals surface area contributed by atoms with Crippen LogP contribution in [0.25, 0.3) is 0 Å². The predicted octanol–water partition coefficient (Wildman–Crippen LogP) is 0.921. The van der Waals surface area contributed by atoms with Crippen molar-refractivity contribution in [3.8, 4) is 0 Å². The largest absolute Gasteiger partial charge is 0.393 e. The number of rotatable bonds is 3. The molecule has 0 radical (unpaired) electrons. The Morgan fingerprint density at radius 2 is 2.38 bits per heavy atom. The van der Waals surface area contributed by atoms with Crippen LogP contribution in [0.1, 0.15) is 26.2 Å². The molecule has 0 aromatic rings. The van der Waals surface area contributed by atoms with Gasteiger partial charge in [0.2, 0.25) is 5.91 Å². The van der Waals surface area contributed by atoms with Gasteiger partial charge in [0.1, 0.15) is 0 Å². The van der Waals surface area contributed by atoms with E-state index in [1.807, 2.05) is 4.90 Å². The van der Waals surface area contributed by atoms with Gasteiger partial charge in [-0.25, -0.2) is 0 Å². The fourth-order valence-electron chi connectivity index (χ4n) is 1.65. The van der Waals surface area contributed by atoms with Gasteiger partial charge in [0, 0.05) is 13.1 Å². The molecule has 1 aliphatic rings. The zero-order valence-corrected chi connectivity index (χ0v) is 8.77. The molecule has 0 aliphatic carbocycles. The molecule has 1 atom stereocenters.